The van der Waals surface area contributed by atoms with Crippen LogP contribution < -0.4 is 4.74 Å². The molecule has 30 heavy (non-hydrogen) atoms. The molecule has 0 radical (unpaired) electrons. The zero-order valence-corrected chi connectivity index (χ0v) is 17.4. The number of fused-ring (bicyclic) bond motifs is 1. The van der Waals surface area contributed by atoms with Gasteiger partial charge in [-0.1, -0.05) is 12.1 Å². The van der Waals surface area contributed by atoms with E-state index in [0.717, 1.165) is 10.5 Å². The third kappa shape index (κ3) is 4.66. The van der Waals surface area contributed by atoms with Crippen LogP contribution in [0.25, 0.3) is 0 Å². The topological polar surface area (TPSA) is 79.3 Å². The van der Waals surface area contributed by atoms with Gasteiger partial charge < -0.3 is 19.5 Å². The number of nitrogens with zero attached hydrogens (tertiary/aromatic N) is 2. The van der Waals surface area contributed by atoms with Crippen molar-refractivity contribution in [3.63, 3.8) is 0 Å². The predicted molar refractivity (Wildman–Crippen MR) is 105 cm³/mol. The summed E-state index contributed by atoms with van der Waals surface area (Å²) in [4.78, 5) is 26.8. The van der Waals surface area contributed by atoms with E-state index in [1.165, 1.54) is 0 Å². The number of methoxy groups -OCH3 is 1. The SMILES string of the molecule is COc1ccc(COC(=O)C(C)(C)CN2CCC3C(C2)N(C(=O)O)CC3(F)F)cc1. The number of alkyl halides is 2. The Hall–Kier alpha value is -2.42. The maximum absolute atomic E-state index is 14.2. The second kappa shape index (κ2) is 8.37. The fourth-order valence-electron chi connectivity index (χ4n) is 4.31. The fraction of sp³-hybridized carbons (Fsp3) is 0.619. The molecule has 0 saturated carbocycles. The second-order valence-corrected chi connectivity index (χ2v) is 8.68. The van der Waals surface area contributed by atoms with Crippen molar-refractivity contribution in [3.8, 4) is 5.75 Å². The number of hydrogen-bond donors (Lipinski definition) is 1. The summed E-state index contributed by atoms with van der Waals surface area (Å²) in [6, 6.07) is 6.42. The van der Waals surface area contributed by atoms with E-state index in [0.29, 0.717) is 18.8 Å². The van der Waals surface area contributed by atoms with E-state index in [9.17, 15) is 23.5 Å². The zero-order valence-electron chi connectivity index (χ0n) is 17.4. The lowest BCUT2D eigenvalue weighted by Crippen LogP contribution is -2.53. The van der Waals surface area contributed by atoms with Crippen LogP contribution in [0.4, 0.5) is 13.6 Å². The first-order valence-corrected chi connectivity index (χ1v) is 9.93. The van der Waals surface area contributed by atoms with Crippen molar-refractivity contribution in [2.45, 2.75) is 38.8 Å². The van der Waals surface area contributed by atoms with Gasteiger partial charge in [0.25, 0.3) is 5.92 Å². The van der Waals surface area contributed by atoms with Gasteiger partial charge in [0.2, 0.25) is 0 Å². The lowest BCUT2D eigenvalue weighted by atomic mass is 9.87. The Bertz CT molecular complexity index is 784. The maximum Gasteiger partial charge on any atom is 0.407 e. The number of hydrogen-bond acceptors (Lipinski definition) is 5. The van der Waals surface area contributed by atoms with Crippen molar-refractivity contribution >= 4 is 12.1 Å². The van der Waals surface area contributed by atoms with Crippen LogP contribution in [0.5, 0.6) is 5.75 Å². The third-order valence-electron chi connectivity index (χ3n) is 5.94. The Kier molecular flexibility index (Phi) is 6.21. The first kappa shape index (κ1) is 22.3. The standard InChI is InChI=1S/C21H28F2N2O5/c1-20(2,18(26)30-11-14-4-6-15(29-3)7-5-14)12-24-9-8-16-17(10-24)25(19(27)28)13-21(16,22)23/h4-7,16-17H,8-13H2,1-3H3,(H,27,28). The highest BCUT2D eigenvalue weighted by Gasteiger charge is 2.57. The van der Waals surface area contributed by atoms with Crippen molar-refractivity contribution in [1.82, 2.24) is 9.80 Å². The summed E-state index contributed by atoms with van der Waals surface area (Å²) < 4.78 is 38.9. The van der Waals surface area contributed by atoms with E-state index in [-0.39, 0.29) is 19.6 Å². The van der Waals surface area contributed by atoms with Crippen LogP contribution in [0.2, 0.25) is 0 Å². The Morgan fingerprint density at radius 3 is 2.53 bits per heavy atom. The van der Waals surface area contributed by atoms with Crippen LogP contribution in [0.1, 0.15) is 25.8 Å². The number of ether oxygens (including phenoxy) is 2. The quantitative estimate of drug-likeness (QED) is 0.705. The van der Waals surface area contributed by atoms with Crippen LogP contribution >= 0.6 is 0 Å². The molecule has 9 heteroatoms. The molecule has 1 N–H and O–H groups in total. The van der Waals surface area contributed by atoms with Crippen molar-refractivity contribution in [2.75, 3.05) is 33.3 Å². The molecule has 2 fully saturated rings. The van der Waals surface area contributed by atoms with Crippen molar-refractivity contribution in [2.24, 2.45) is 11.3 Å². The molecule has 0 aliphatic carbocycles. The van der Waals surface area contributed by atoms with Crippen molar-refractivity contribution in [1.29, 1.82) is 0 Å². The average Bonchev–Trinajstić information content (AvgIpc) is 2.96. The molecule has 0 aromatic heterocycles. The molecule has 0 spiro atoms. The lowest BCUT2D eigenvalue weighted by Gasteiger charge is -2.40. The number of carbonyl (C=O) groups is 2. The average molecular weight is 426 g/mol. The summed E-state index contributed by atoms with van der Waals surface area (Å²) in [6.07, 6.45) is -1.14. The Morgan fingerprint density at radius 2 is 1.93 bits per heavy atom. The van der Waals surface area contributed by atoms with Gasteiger partial charge in [0.05, 0.1) is 25.1 Å². The number of likely N-dealkylation sites (tertiary alicyclic amines) is 2. The molecule has 0 bridgehead atoms. The zero-order chi connectivity index (χ0) is 22.1. The predicted octanol–water partition coefficient (Wildman–Crippen LogP) is 3.08. The van der Waals surface area contributed by atoms with Crippen LogP contribution in [0.15, 0.2) is 24.3 Å². The van der Waals surface area contributed by atoms with Gasteiger partial charge in [-0.2, -0.15) is 0 Å². The van der Waals surface area contributed by atoms with Crippen LogP contribution in [0, 0.1) is 11.3 Å². The molecule has 7 nitrogen and oxygen atoms in total. The smallest absolute Gasteiger partial charge is 0.407 e. The number of benzene rings is 1. The van der Waals surface area contributed by atoms with Crippen molar-refractivity contribution < 1.29 is 33.0 Å². The first-order valence-electron chi connectivity index (χ1n) is 9.93. The summed E-state index contributed by atoms with van der Waals surface area (Å²) in [6.45, 7) is 3.72. The number of esters is 1. The van der Waals surface area contributed by atoms with E-state index in [1.54, 1.807) is 33.1 Å². The Morgan fingerprint density at radius 1 is 1.27 bits per heavy atom. The van der Waals surface area contributed by atoms with Crippen LogP contribution in [-0.2, 0) is 16.1 Å². The summed E-state index contributed by atoms with van der Waals surface area (Å²) in [5.74, 6) is -3.67. The first-order chi connectivity index (χ1) is 14.0. The van der Waals surface area contributed by atoms with Gasteiger partial charge in [-0.25, -0.2) is 13.6 Å². The van der Waals surface area contributed by atoms with Gasteiger partial charge in [0, 0.05) is 19.0 Å². The van der Waals surface area contributed by atoms with E-state index in [2.05, 4.69) is 0 Å². The van der Waals surface area contributed by atoms with E-state index in [1.807, 2.05) is 17.0 Å². The van der Waals surface area contributed by atoms with E-state index < -0.39 is 41.9 Å². The van der Waals surface area contributed by atoms with Crippen molar-refractivity contribution in [3.05, 3.63) is 29.8 Å². The summed E-state index contributed by atoms with van der Waals surface area (Å²) in [5.41, 5.74) is -0.0415. The van der Waals surface area contributed by atoms with E-state index in [4.69, 9.17) is 9.47 Å². The minimum absolute atomic E-state index is 0.121. The third-order valence-corrected chi connectivity index (χ3v) is 5.94. The number of carboxylic acid groups (broad SMARTS) is 1. The highest BCUT2D eigenvalue weighted by atomic mass is 19.3. The van der Waals surface area contributed by atoms with Gasteiger partial charge in [-0.3, -0.25) is 9.69 Å². The van der Waals surface area contributed by atoms with Gasteiger partial charge in [0.15, 0.2) is 0 Å². The van der Waals surface area contributed by atoms with Crippen LogP contribution in [-0.4, -0.2) is 72.2 Å². The molecular formula is C21H28F2N2O5. The normalized spacial score (nSPS) is 23.7. The maximum atomic E-state index is 14.2. The minimum atomic E-state index is -3.01. The number of piperidine rings is 1. The number of carbonyl (C=O) groups excluding carboxylic acids is 1. The molecule has 2 aliphatic rings. The molecule has 3 rings (SSSR count). The molecule has 2 unspecified atom stereocenters. The molecule has 166 valence electrons. The minimum Gasteiger partial charge on any atom is -0.497 e. The van der Waals surface area contributed by atoms with E-state index >= 15 is 0 Å². The summed E-state index contributed by atoms with van der Waals surface area (Å²) >= 11 is 0. The number of halogens is 2. The van der Waals surface area contributed by atoms with Gasteiger partial charge in [0.1, 0.15) is 12.4 Å². The molecule has 1 aromatic rings. The summed E-state index contributed by atoms with van der Waals surface area (Å²) in [7, 11) is 1.57. The van der Waals surface area contributed by atoms with Gasteiger partial charge in [-0.05, 0) is 44.5 Å². The highest BCUT2D eigenvalue weighted by Crippen LogP contribution is 2.43. The monoisotopic (exact) mass is 426 g/mol. The molecule has 1 amide bonds. The molecular weight excluding hydrogens is 398 g/mol. The molecule has 1 aromatic carbocycles. The van der Waals surface area contributed by atoms with Crippen LogP contribution in [0.3, 0.4) is 0 Å². The Labute approximate surface area is 174 Å². The molecule has 2 saturated heterocycles. The fourth-order valence-corrected chi connectivity index (χ4v) is 4.31. The second-order valence-electron chi connectivity index (χ2n) is 8.68. The molecule has 2 aliphatic heterocycles. The van der Waals surface area contributed by atoms with Gasteiger partial charge >= 0.3 is 12.1 Å². The number of rotatable bonds is 6. The highest BCUT2D eigenvalue weighted by molar-refractivity contribution is 5.76. The van der Waals surface area contributed by atoms with Gasteiger partial charge in [-0.15, -0.1) is 0 Å². The summed E-state index contributed by atoms with van der Waals surface area (Å²) in [5, 5.41) is 9.29. The largest absolute Gasteiger partial charge is 0.497 e. The molecule has 2 heterocycles. The molecule has 2 atom stereocenters. The number of amides is 1. The Balaban J connectivity index is 1.57. The lowest BCUT2D eigenvalue weighted by molar-refractivity contribution is -0.157.